The zero-order valence-electron chi connectivity index (χ0n) is 11.7. The fourth-order valence-electron chi connectivity index (χ4n) is 2.10. The molecule has 5 nitrogen and oxygen atoms in total. The van der Waals surface area contributed by atoms with Crippen molar-refractivity contribution in [3.63, 3.8) is 0 Å². The molecule has 0 bridgehead atoms. The van der Waals surface area contributed by atoms with Gasteiger partial charge in [0.05, 0.1) is 6.10 Å². The van der Waals surface area contributed by atoms with Gasteiger partial charge in [-0.15, -0.1) is 0 Å². The molecule has 0 radical (unpaired) electrons. The van der Waals surface area contributed by atoms with Crippen molar-refractivity contribution < 1.29 is 13.2 Å². The first-order chi connectivity index (χ1) is 8.43. The second kappa shape index (κ2) is 7.43. The fraction of sp³-hybridized carbons (Fsp3) is 1.00. The standard InChI is InChI=1S/C12H26N2O3S/c1-11(2)17-10-6-8-13-18(15,16)14-9-5-4-7-12(14)3/h11-13H,4-10H2,1-3H3/t12-/m1/s1. The fourth-order valence-corrected chi connectivity index (χ4v) is 3.62. The molecule has 18 heavy (non-hydrogen) atoms. The van der Waals surface area contributed by atoms with Crippen LogP contribution < -0.4 is 4.72 Å². The first-order valence-electron chi connectivity index (χ1n) is 6.81. The van der Waals surface area contributed by atoms with Gasteiger partial charge < -0.3 is 4.74 Å². The predicted octanol–water partition coefficient (Wildman–Crippen LogP) is 1.51. The number of hydrogen-bond acceptors (Lipinski definition) is 3. The maximum absolute atomic E-state index is 12.1. The summed E-state index contributed by atoms with van der Waals surface area (Å²) >= 11 is 0. The molecule has 0 aromatic heterocycles. The smallest absolute Gasteiger partial charge is 0.279 e. The highest BCUT2D eigenvalue weighted by Gasteiger charge is 2.28. The van der Waals surface area contributed by atoms with Crippen LogP contribution in [0.1, 0.15) is 46.5 Å². The molecule has 0 aliphatic carbocycles. The maximum atomic E-state index is 12.1. The van der Waals surface area contributed by atoms with Gasteiger partial charge in [0.2, 0.25) is 0 Å². The zero-order chi connectivity index (χ0) is 13.6. The van der Waals surface area contributed by atoms with Crippen LogP contribution in [0.15, 0.2) is 0 Å². The summed E-state index contributed by atoms with van der Waals surface area (Å²) < 4.78 is 33.7. The van der Waals surface area contributed by atoms with Crippen molar-refractivity contribution in [1.82, 2.24) is 9.03 Å². The van der Waals surface area contributed by atoms with Gasteiger partial charge in [-0.3, -0.25) is 0 Å². The lowest BCUT2D eigenvalue weighted by atomic mass is 10.1. The monoisotopic (exact) mass is 278 g/mol. The molecule has 1 rings (SSSR count). The average molecular weight is 278 g/mol. The Labute approximate surface area is 111 Å². The Morgan fingerprint density at radius 2 is 2.11 bits per heavy atom. The van der Waals surface area contributed by atoms with Crippen LogP contribution >= 0.6 is 0 Å². The minimum atomic E-state index is -3.31. The number of nitrogens with one attached hydrogen (secondary N) is 1. The van der Waals surface area contributed by atoms with Crippen molar-refractivity contribution in [3.8, 4) is 0 Å². The Kier molecular flexibility index (Phi) is 6.55. The summed E-state index contributed by atoms with van der Waals surface area (Å²) in [5, 5.41) is 0. The third-order valence-corrected chi connectivity index (χ3v) is 4.84. The SMILES string of the molecule is CC(C)OCCCNS(=O)(=O)N1CCCC[C@H]1C. The first kappa shape index (κ1) is 15.9. The summed E-state index contributed by atoms with van der Waals surface area (Å²) in [6, 6.07) is 0.114. The molecule has 1 atom stereocenters. The van der Waals surface area contributed by atoms with Gasteiger partial charge in [0.15, 0.2) is 0 Å². The molecule has 0 unspecified atom stereocenters. The third-order valence-electron chi connectivity index (χ3n) is 3.11. The van der Waals surface area contributed by atoms with Crippen LogP contribution in [0.25, 0.3) is 0 Å². The van der Waals surface area contributed by atoms with Gasteiger partial charge in [0.25, 0.3) is 10.2 Å². The van der Waals surface area contributed by atoms with E-state index in [4.69, 9.17) is 4.74 Å². The van der Waals surface area contributed by atoms with Gasteiger partial charge in [-0.2, -0.15) is 12.7 Å². The Morgan fingerprint density at radius 1 is 1.39 bits per heavy atom. The molecule has 1 saturated heterocycles. The molecule has 1 fully saturated rings. The van der Waals surface area contributed by atoms with Crippen LogP contribution in [0, 0.1) is 0 Å². The average Bonchev–Trinajstić information content (AvgIpc) is 2.28. The number of nitrogens with zero attached hydrogens (tertiary/aromatic N) is 1. The second-order valence-corrected chi connectivity index (χ2v) is 6.84. The number of rotatable bonds is 7. The minimum Gasteiger partial charge on any atom is -0.379 e. The second-order valence-electron chi connectivity index (χ2n) is 5.13. The van der Waals surface area contributed by atoms with E-state index in [0.29, 0.717) is 26.1 Å². The Bertz CT molecular complexity index is 330. The molecule has 1 N–H and O–H groups in total. The van der Waals surface area contributed by atoms with E-state index in [-0.39, 0.29) is 12.1 Å². The Hall–Kier alpha value is -0.170. The van der Waals surface area contributed by atoms with Crippen LogP contribution in [0.4, 0.5) is 0 Å². The van der Waals surface area contributed by atoms with Crippen molar-refractivity contribution in [2.75, 3.05) is 19.7 Å². The van der Waals surface area contributed by atoms with E-state index in [1.54, 1.807) is 4.31 Å². The Balaban J connectivity index is 2.30. The van der Waals surface area contributed by atoms with Crippen LogP contribution in [-0.4, -0.2) is 44.6 Å². The zero-order valence-corrected chi connectivity index (χ0v) is 12.5. The van der Waals surface area contributed by atoms with Crippen molar-refractivity contribution in [1.29, 1.82) is 0 Å². The number of ether oxygens (including phenoxy) is 1. The van der Waals surface area contributed by atoms with Crippen molar-refractivity contribution in [2.24, 2.45) is 0 Å². The van der Waals surface area contributed by atoms with Crippen LogP contribution in [0.2, 0.25) is 0 Å². The van der Waals surface area contributed by atoms with Crippen LogP contribution in [0.5, 0.6) is 0 Å². The molecule has 0 spiro atoms. The van der Waals surface area contributed by atoms with Crippen molar-refractivity contribution in [3.05, 3.63) is 0 Å². The quantitative estimate of drug-likeness (QED) is 0.718. The molecule has 0 aromatic carbocycles. The molecule has 1 aliphatic rings. The summed E-state index contributed by atoms with van der Waals surface area (Å²) in [4.78, 5) is 0. The largest absolute Gasteiger partial charge is 0.379 e. The lowest BCUT2D eigenvalue weighted by Gasteiger charge is -2.32. The molecule has 1 heterocycles. The summed E-state index contributed by atoms with van der Waals surface area (Å²) in [6.45, 7) is 7.59. The van der Waals surface area contributed by atoms with Gasteiger partial charge in [-0.1, -0.05) is 6.42 Å². The van der Waals surface area contributed by atoms with E-state index in [2.05, 4.69) is 4.72 Å². The predicted molar refractivity (Wildman–Crippen MR) is 72.6 cm³/mol. The summed E-state index contributed by atoms with van der Waals surface area (Å²) in [5.74, 6) is 0. The molecular weight excluding hydrogens is 252 g/mol. The molecule has 0 aromatic rings. The van der Waals surface area contributed by atoms with Crippen molar-refractivity contribution >= 4 is 10.2 Å². The number of piperidine rings is 1. The highest BCUT2D eigenvalue weighted by molar-refractivity contribution is 7.87. The van der Waals surface area contributed by atoms with E-state index >= 15 is 0 Å². The normalized spacial score (nSPS) is 22.6. The molecule has 0 amide bonds. The maximum Gasteiger partial charge on any atom is 0.279 e. The van der Waals surface area contributed by atoms with E-state index < -0.39 is 10.2 Å². The summed E-state index contributed by atoms with van der Waals surface area (Å²) in [6.07, 6.45) is 3.94. The van der Waals surface area contributed by atoms with E-state index in [0.717, 1.165) is 19.3 Å². The van der Waals surface area contributed by atoms with E-state index in [1.165, 1.54) is 0 Å². The van der Waals surface area contributed by atoms with Crippen LogP contribution in [-0.2, 0) is 14.9 Å². The van der Waals surface area contributed by atoms with E-state index in [9.17, 15) is 8.42 Å². The van der Waals surface area contributed by atoms with E-state index in [1.807, 2.05) is 20.8 Å². The van der Waals surface area contributed by atoms with Crippen molar-refractivity contribution in [2.45, 2.75) is 58.6 Å². The van der Waals surface area contributed by atoms with Gasteiger partial charge in [0, 0.05) is 25.7 Å². The topological polar surface area (TPSA) is 58.6 Å². The van der Waals surface area contributed by atoms with Gasteiger partial charge in [-0.25, -0.2) is 4.72 Å². The molecule has 1 aliphatic heterocycles. The third kappa shape index (κ3) is 5.22. The number of hydrogen-bond donors (Lipinski definition) is 1. The van der Waals surface area contributed by atoms with Gasteiger partial charge in [0.1, 0.15) is 0 Å². The lowest BCUT2D eigenvalue weighted by molar-refractivity contribution is 0.0777. The highest BCUT2D eigenvalue weighted by atomic mass is 32.2. The van der Waals surface area contributed by atoms with Gasteiger partial charge >= 0.3 is 0 Å². The molecule has 0 saturated carbocycles. The molecule has 6 heteroatoms. The lowest BCUT2D eigenvalue weighted by Crippen LogP contribution is -2.48. The highest BCUT2D eigenvalue weighted by Crippen LogP contribution is 2.18. The molecular formula is C12H26N2O3S. The summed E-state index contributed by atoms with van der Waals surface area (Å²) in [5.41, 5.74) is 0. The van der Waals surface area contributed by atoms with Crippen LogP contribution in [0.3, 0.4) is 0 Å². The minimum absolute atomic E-state index is 0.114. The Morgan fingerprint density at radius 3 is 2.72 bits per heavy atom. The first-order valence-corrected chi connectivity index (χ1v) is 8.25. The molecule has 108 valence electrons. The van der Waals surface area contributed by atoms with Gasteiger partial charge in [-0.05, 0) is 40.0 Å². The summed E-state index contributed by atoms with van der Waals surface area (Å²) in [7, 11) is -3.31.